The highest BCUT2D eigenvalue weighted by Gasteiger charge is 2.25. The van der Waals surface area contributed by atoms with Gasteiger partial charge in [0.15, 0.2) is 0 Å². The zero-order valence-electron chi connectivity index (χ0n) is 6.09. The Bertz CT molecular complexity index is 70.9. The minimum Gasteiger partial charge on any atom is -0.394 e. The summed E-state index contributed by atoms with van der Waals surface area (Å²) in [7, 11) is 1.46. The fourth-order valence-corrected chi connectivity index (χ4v) is 0.586. The minimum atomic E-state index is -0.955. The Labute approximate surface area is 55.3 Å². The van der Waals surface area contributed by atoms with Gasteiger partial charge in [0.2, 0.25) is 0 Å². The summed E-state index contributed by atoms with van der Waals surface area (Å²) in [4.78, 5) is 0. The molecule has 0 radical (unpaired) electrons. The molecule has 9 heavy (non-hydrogen) atoms. The van der Waals surface area contributed by atoms with Gasteiger partial charge < -0.3 is 14.9 Å². The third-order valence-corrected chi connectivity index (χ3v) is 1.24. The predicted octanol–water partition coefficient (Wildman–Crippen LogP) is -0.235. The van der Waals surface area contributed by atoms with Gasteiger partial charge in [0.05, 0.1) is 12.2 Å². The molecule has 3 nitrogen and oxygen atoms in total. The lowest BCUT2D eigenvalue weighted by atomic mass is 10.0. The Morgan fingerprint density at radius 1 is 1.56 bits per heavy atom. The molecule has 0 saturated carbocycles. The highest BCUT2D eigenvalue weighted by atomic mass is 16.5. The van der Waals surface area contributed by atoms with E-state index in [1.54, 1.807) is 13.8 Å². The molecule has 0 spiro atoms. The van der Waals surface area contributed by atoms with E-state index in [0.717, 1.165) is 0 Å². The molecule has 0 heterocycles. The van der Waals surface area contributed by atoms with Crippen molar-refractivity contribution in [2.45, 2.75) is 25.6 Å². The molecule has 0 amide bonds. The average Bonchev–Trinajstić information content (AvgIpc) is 1.65. The van der Waals surface area contributed by atoms with E-state index in [-0.39, 0.29) is 6.61 Å². The summed E-state index contributed by atoms with van der Waals surface area (Å²) in [6.45, 7) is 3.04. The highest BCUT2D eigenvalue weighted by molar-refractivity contribution is 4.76. The van der Waals surface area contributed by atoms with Crippen LogP contribution in [0.15, 0.2) is 0 Å². The first-order valence-electron chi connectivity index (χ1n) is 2.88. The quantitative estimate of drug-likeness (QED) is 0.560. The first kappa shape index (κ1) is 8.88. The monoisotopic (exact) mass is 134 g/mol. The van der Waals surface area contributed by atoms with E-state index in [1.807, 2.05) is 0 Å². The molecule has 0 aliphatic rings. The molecule has 0 rings (SSSR count). The maximum absolute atomic E-state index is 9.19. The zero-order chi connectivity index (χ0) is 7.49. The molecule has 0 aromatic carbocycles. The van der Waals surface area contributed by atoms with Crippen LogP contribution in [0.25, 0.3) is 0 Å². The summed E-state index contributed by atoms with van der Waals surface area (Å²) >= 11 is 0. The number of rotatable bonds is 3. The molecule has 0 bridgehead atoms. The molecule has 0 saturated heterocycles. The molecule has 1 atom stereocenters. The fourth-order valence-electron chi connectivity index (χ4n) is 0.586. The summed E-state index contributed by atoms with van der Waals surface area (Å²) in [6, 6.07) is 0. The first-order valence-corrected chi connectivity index (χ1v) is 2.88. The van der Waals surface area contributed by atoms with Crippen molar-refractivity contribution >= 4 is 0 Å². The maximum Gasteiger partial charge on any atom is 0.108 e. The Hall–Kier alpha value is -0.120. The molecule has 0 fully saturated rings. The largest absolute Gasteiger partial charge is 0.394 e. The van der Waals surface area contributed by atoms with Crippen LogP contribution in [0, 0.1) is 0 Å². The average molecular weight is 134 g/mol. The molecule has 3 heteroatoms. The second kappa shape index (κ2) is 3.15. The smallest absolute Gasteiger partial charge is 0.108 e. The topological polar surface area (TPSA) is 49.7 Å². The first-order chi connectivity index (χ1) is 4.02. The van der Waals surface area contributed by atoms with Crippen LogP contribution in [-0.4, -0.2) is 35.6 Å². The highest BCUT2D eigenvalue weighted by Crippen LogP contribution is 2.09. The Kier molecular flexibility index (Phi) is 3.11. The van der Waals surface area contributed by atoms with Crippen molar-refractivity contribution in [1.29, 1.82) is 0 Å². The predicted molar refractivity (Wildman–Crippen MR) is 34.2 cm³/mol. The summed E-state index contributed by atoms with van der Waals surface area (Å²) in [5, 5.41) is 17.8. The molecule has 0 aromatic rings. The van der Waals surface area contributed by atoms with E-state index >= 15 is 0 Å². The van der Waals surface area contributed by atoms with Crippen LogP contribution >= 0.6 is 0 Å². The lowest BCUT2D eigenvalue weighted by Gasteiger charge is -2.25. The van der Waals surface area contributed by atoms with Gasteiger partial charge in [0.25, 0.3) is 0 Å². The Balaban J connectivity index is 3.79. The van der Waals surface area contributed by atoms with Crippen molar-refractivity contribution < 1.29 is 14.9 Å². The number of aliphatic hydroxyl groups is 2. The summed E-state index contributed by atoms with van der Waals surface area (Å²) < 4.78 is 4.76. The van der Waals surface area contributed by atoms with Crippen LogP contribution in [0.2, 0.25) is 0 Å². The van der Waals surface area contributed by atoms with Crippen LogP contribution in [0.5, 0.6) is 0 Å². The van der Waals surface area contributed by atoms with Crippen molar-refractivity contribution in [3.8, 4) is 0 Å². The third kappa shape index (κ3) is 2.79. The number of aliphatic hydroxyl groups excluding tert-OH is 1. The Morgan fingerprint density at radius 3 is 2.00 bits per heavy atom. The van der Waals surface area contributed by atoms with E-state index in [4.69, 9.17) is 9.84 Å². The van der Waals surface area contributed by atoms with Crippen LogP contribution < -0.4 is 0 Å². The van der Waals surface area contributed by atoms with E-state index in [0.29, 0.717) is 0 Å². The van der Waals surface area contributed by atoms with Gasteiger partial charge in [-0.05, 0) is 13.8 Å². The van der Waals surface area contributed by atoms with Crippen LogP contribution in [0.1, 0.15) is 13.8 Å². The molecule has 0 aliphatic heterocycles. The second-order valence-corrected chi connectivity index (χ2v) is 2.56. The van der Waals surface area contributed by atoms with Crippen molar-refractivity contribution in [3.63, 3.8) is 0 Å². The van der Waals surface area contributed by atoms with E-state index in [9.17, 15) is 5.11 Å². The molecule has 56 valence electrons. The summed E-state index contributed by atoms with van der Waals surface area (Å²) in [5.74, 6) is 0. The Morgan fingerprint density at radius 2 is 2.00 bits per heavy atom. The fraction of sp³-hybridized carbons (Fsp3) is 1.00. The SMILES string of the molecule is COC(CO)C(C)(C)O. The van der Waals surface area contributed by atoms with Crippen LogP contribution in [-0.2, 0) is 4.74 Å². The molecule has 0 aliphatic carbocycles. The molecule has 0 aromatic heterocycles. The van der Waals surface area contributed by atoms with Crippen molar-refractivity contribution in [2.24, 2.45) is 0 Å². The van der Waals surface area contributed by atoms with E-state index < -0.39 is 11.7 Å². The van der Waals surface area contributed by atoms with Gasteiger partial charge in [0, 0.05) is 7.11 Å². The van der Waals surface area contributed by atoms with Crippen LogP contribution in [0.4, 0.5) is 0 Å². The van der Waals surface area contributed by atoms with Crippen molar-refractivity contribution in [2.75, 3.05) is 13.7 Å². The van der Waals surface area contributed by atoms with Gasteiger partial charge in [-0.15, -0.1) is 0 Å². The number of methoxy groups -OCH3 is 1. The second-order valence-electron chi connectivity index (χ2n) is 2.56. The van der Waals surface area contributed by atoms with E-state index in [1.165, 1.54) is 7.11 Å². The van der Waals surface area contributed by atoms with Crippen molar-refractivity contribution in [3.05, 3.63) is 0 Å². The number of hydrogen-bond acceptors (Lipinski definition) is 3. The standard InChI is InChI=1S/C6H14O3/c1-6(2,8)5(4-7)9-3/h5,7-8H,4H2,1-3H3. The normalized spacial score (nSPS) is 15.7. The molecule has 1 unspecified atom stereocenters. The lowest BCUT2D eigenvalue weighted by molar-refractivity contribution is -0.0909. The number of hydrogen-bond donors (Lipinski definition) is 2. The van der Waals surface area contributed by atoms with Gasteiger partial charge in [-0.1, -0.05) is 0 Å². The van der Waals surface area contributed by atoms with Crippen LogP contribution in [0.3, 0.4) is 0 Å². The molecular formula is C6H14O3. The lowest BCUT2D eigenvalue weighted by Crippen LogP contribution is -2.40. The molecule has 2 N–H and O–H groups in total. The van der Waals surface area contributed by atoms with Gasteiger partial charge in [-0.25, -0.2) is 0 Å². The van der Waals surface area contributed by atoms with Crippen molar-refractivity contribution in [1.82, 2.24) is 0 Å². The zero-order valence-corrected chi connectivity index (χ0v) is 6.09. The van der Waals surface area contributed by atoms with Gasteiger partial charge in [-0.3, -0.25) is 0 Å². The summed E-state index contributed by atoms with van der Waals surface area (Å²) in [5.41, 5.74) is -0.955. The van der Waals surface area contributed by atoms with Gasteiger partial charge >= 0.3 is 0 Å². The molecular weight excluding hydrogens is 120 g/mol. The summed E-state index contributed by atoms with van der Waals surface area (Å²) in [6.07, 6.45) is -0.488. The minimum absolute atomic E-state index is 0.153. The van der Waals surface area contributed by atoms with E-state index in [2.05, 4.69) is 0 Å². The van der Waals surface area contributed by atoms with Gasteiger partial charge in [0.1, 0.15) is 6.10 Å². The third-order valence-electron chi connectivity index (χ3n) is 1.24. The maximum atomic E-state index is 9.19. The number of ether oxygens (including phenoxy) is 1. The van der Waals surface area contributed by atoms with Gasteiger partial charge in [-0.2, -0.15) is 0 Å².